The molecule has 1 aromatic rings. The van der Waals surface area contributed by atoms with E-state index >= 15 is 0 Å². The predicted octanol–water partition coefficient (Wildman–Crippen LogP) is 1.96. The maximum Gasteiger partial charge on any atom is 0.251 e. The smallest absolute Gasteiger partial charge is 0.251 e. The highest BCUT2D eigenvalue weighted by Crippen LogP contribution is 2.46. The SMILES string of the molecule is CSC1(CNC(=O)c2ccc(N(C)C)c(N)c2)CC1. The topological polar surface area (TPSA) is 58.4 Å². The van der Waals surface area contributed by atoms with Crippen molar-refractivity contribution in [1.82, 2.24) is 5.32 Å². The first-order valence-corrected chi connectivity index (χ1v) is 7.60. The Morgan fingerprint density at radius 3 is 2.63 bits per heavy atom. The molecule has 1 fully saturated rings. The molecule has 1 amide bonds. The molecule has 0 heterocycles. The zero-order valence-corrected chi connectivity index (χ0v) is 12.5. The summed E-state index contributed by atoms with van der Waals surface area (Å²) in [6.07, 6.45) is 4.48. The van der Waals surface area contributed by atoms with Crippen LogP contribution in [0.4, 0.5) is 11.4 Å². The molecule has 0 unspecified atom stereocenters. The summed E-state index contributed by atoms with van der Waals surface area (Å²) in [6, 6.07) is 5.44. The van der Waals surface area contributed by atoms with Crippen LogP contribution in [-0.4, -0.2) is 37.6 Å². The minimum Gasteiger partial charge on any atom is -0.397 e. The van der Waals surface area contributed by atoms with Crippen molar-refractivity contribution in [3.05, 3.63) is 23.8 Å². The van der Waals surface area contributed by atoms with E-state index in [1.165, 1.54) is 12.8 Å². The molecule has 0 radical (unpaired) electrons. The van der Waals surface area contributed by atoms with Gasteiger partial charge in [0.15, 0.2) is 0 Å². The Morgan fingerprint density at radius 2 is 2.16 bits per heavy atom. The molecule has 0 saturated heterocycles. The monoisotopic (exact) mass is 279 g/mol. The van der Waals surface area contributed by atoms with E-state index < -0.39 is 0 Å². The summed E-state index contributed by atoms with van der Waals surface area (Å²) in [5.74, 6) is -0.0441. The van der Waals surface area contributed by atoms with Gasteiger partial charge in [0.05, 0.1) is 11.4 Å². The van der Waals surface area contributed by atoms with Crippen molar-refractivity contribution in [1.29, 1.82) is 0 Å². The Kier molecular flexibility index (Phi) is 3.94. The van der Waals surface area contributed by atoms with Crippen molar-refractivity contribution >= 4 is 29.0 Å². The summed E-state index contributed by atoms with van der Waals surface area (Å²) in [5.41, 5.74) is 8.14. The minimum atomic E-state index is -0.0441. The third kappa shape index (κ3) is 3.15. The van der Waals surface area contributed by atoms with Crippen molar-refractivity contribution < 1.29 is 4.79 Å². The fourth-order valence-corrected chi connectivity index (χ4v) is 2.77. The first-order chi connectivity index (χ1) is 8.97. The van der Waals surface area contributed by atoms with Gasteiger partial charge in [-0.1, -0.05) is 0 Å². The molecule has 0 bridgehead atoms. The highest BCUT2D eigenvalue weighted by Gasteiger charge is 2.41. The number of benzene rings is 1. The molecular weight excluding hydrogens is 258 g/mol. The molecule has 1 aliphatic rings. The van der Waals surface area contributed by atoms with Gasteiger partial charge in [0.25, 0.3) is 5.91 Å². The van der Waals surface area contributed by atoms with Crippen LogP contribution in [0.3, 0.4) is 0 Å². The number of hydrogen-bond acceptors (Lipinski definition) is 4. The normalized spacial score (nSPS) is 15.9. The third-order valence-corrected chi connectivity index (χ3v) is 5.00. The van der Waals surface area contributed by atoms with Gasteiger partial charge in [0.2, 0.25) is 0 Å². The lowest BCUT2D eigenvalue weighted by atomic mass is 10.1. The lowest BCUT2D eigenvalue weighted by Gasteiger charge is -2.17. The minimum absolute atomic E-state index is 0.0441. The van der Waals surface area contributed by atoms with Gasteiger partial charge in [0, 0.05) is 31.0 Å². The highest BCUT2D eigenvalue weighted by molar-refractivity contribution is 8.00. The van der Waals surface area contributed by atoms with Crippen molar-refractivity contribution in [2.75, 3.05) is 37.5 Å². The molecule has 5 heteroatoms. The molecule has 1 saturated carbocycles. The standard InChI is InChI=1S/C14H21N3OS/c1-17(2)12-5-4-10(8-11(12)15)13(18)16-9-14(19-3)6-7-14/h4-5,8H,6-7,9,15H2,1-3H3,(H,16,18). The molecule has 3 N–H and O–H groups in total. The summed E-state index contributed by atoms with van der Waals surface area (Å²) in [5, 5.41) is 3.00. The number of rotatable bonds is 5. The molecule has 1 aliphatic carbocycles. The first kappa shape index (κ1) is 14.1. The van der Waals surface area contributed by atoms with Gasteiger partial charge in [-0.05, 0) is 37.3 Å². The Labute approximate surface area is 118 Å². The van der Waals surface area contributed by atoms with E-state index in [0.717, 1.165) is 12.2 Å². The first-order valence-electron chi connectivity index (χ1n) is 6.38. The molecule has 1 aromatic carbocycles. The van der Waals surface area contributed by atoms with E-state index in [0.29, 0.717) is 11.3 Å². The van der Waals surface area contributed by atoms with Gasteiger partial charge in [-0.3, -0.25) is 4.79 Å². The summed E-state index contributed by atoms with van der Waals surface area (Å²) in [7, 11) is 3.86. The Bertz CT molecular complexity index is 484. The molecule has 0 atom stereocenters. The number of thioether (sulfide) groups is 1. The number of nitrogens with two attached hydrogens (primary N) is 1. The van der Waals surface area contributed by atoms with Gasteiger partial charge in [-0.15, -0.1) is 0 Å². The number of carbonyl (C=O) groups is 1. The van der Waals surface area contributed by atoms with Gasteiger partial charge in [-0.2, -0.15) is 11.8 Å². The van der Waals surface area contributed by atoms with Crippen LogP contribution in [0.1, 0.15) is 23.2 Å². The predicted molar refractivity (Wildman–Crippen MR) is 83.0 cm³/mol. The van der Waals surface area contributed by atoms with Crippen molar-refractivity contribution in [3.63, 3.8) is 0 Å². The fraction of sp³-hybridized carbons (Fsp3) is 0.500. The molecule has 2 rings (SSSR count). The van der Waals surface area contributed by atoms with E-state index in [2.05, 4.69) is 11.6 Å². The molecule has 0 aromatic heterocycles. The van der Waals surface area contributed by atoms with Crippen LogP contribution in [0.5, 0.6) is 0 Å². The largest absolute Gasteiger partial charge is 0.397 e. The van der Waals surface area contributed by atoms with Crippen LogP contribution < -0.4 is 16.0 Å². The molecule has 104 valence electrons. The summed E-state index contributed by atoms with van der Waals surface area (Å²) in [6.45, 7) is 0.738. The summed E-state index contributed by atoms with van der Waals surface area (Å²) >= 11 is 1.84. The number of carbonyl (C=O) groups excluding carboxylic acids is 1. The molecule has 0 spiro atoms. The molecule has 0 aliphatic heterocycles. The fourth-order valence-electron chi connectivity index (χ4n) is 2.04. The second-order valence-electron chi connectivity index (χ2n) is 5.24. The van der Waals surface area contributed by atoms with Crippen molar-refractivity contribution in [3.8, 4) is 0 Å². The van der Waals surface area contributed by atoms with Crippen LogP contribution in [0.15, 0.2) is 18.2 Å². The summed E-state index contributed by atoms with van der Waals surface area (Å²) < 4.78 is 0.283. The highest BCUT2D eigenvalue weighted by atomic mass is 32.2. The van der Waals surface area contributed by atoms with E-state index in [4.69, 9.17) is 5.73 Å². The number of amides is 1. The van der Waals surface area contributed by atoms with Crippen LogP contribution in [0.25, 0.3) is 0 Å². The van der Waals surface area contributed by atoms with Crippen molar-refractivity contribution in [2.24, 2.45) is 0 Å². The van der Waals surface area contributed by atoms with Gasteiger partial charge in [-0.25, -0.2) is 0 Å². The lowest BCUT2D eigenvalue weighted by Crippen LogP contribution is -2.31. The lowest BCUT2D eigenvalue weighted by molar-refractivity contribution is 0.0953. The number of anilines is 2. The van der Waals surface area contributed by atoms with Crippen LogP contribution in [0, 0.1) is 0 Å². The number of nitrogens with zero attached hydrogens (tertiary/aromatic N) is 1. The Morgan fingerprint density at radius 1 is 1.47 bits per heavy atom. The Balaban J connectivity index is 2.01. The maximum absolute atomic E-state index is 12.1. The third-order valence-electron chi connectivity index (χ3n) is 3.58. The van der Waals surface area contributed by atoms with Crippen LogP contribution in [-0.2, 0) is 0 Å². The van der Waals surface area contributed by atoms with E-state index in [-0.39, 0.29) is 10.7 Å². The van der Waals surface area contributed by atoms with Gasteiger partial charge >= 0.3 is 0 Å². The van der Waals surface area contributed by atoms with E-state index in [9.17, 15) is 4.79 Å². The quantitative estimate of drug-likeness (QED) is 0.809. The number of hydrogen-bond donors (Lipinski definition) is 2. The molecule has 19 heavy (non-hydrogen) atoms. The van der Waals surface area contributed by atoms with Crippen molar-refractivity contribution in [2.45, 2.75) is 17.6 Å². The van der Waals surface area contributed by atoms with Crippen LogP contribution in [0.2, 0.25) is 0 Å². The van der Waals surface area contributed by atoms with Crippen LogP contribution >= 0.6 is 11.8 Å². The second-order valence-corrected chi connectivity index (χ2v) is 6.51. The van der Waals surface area contributed by atoms with Gasteiger partial charge < -0.3 is 16.0 Å². The average molecular weight is 279 g/mol. The van der Waals surface area contributed by atoms with E-state index in [1.54, 1.807) is 6.07 Å². The molecular formula is C14H21N3OS. The zero-order chi connectivity index (χ0) is 14.0. The number of nitrogens with one attached hydrogen (secondary N) is 1. The molecule has 4 nitrogen and oxygen atoms in total. The zero-order valence-electron chi connectivity index (χ0n) is 11.7. The average Bonchev–Trinajstić information content (AvgIpc) is 3.16. The maximum atomic E-state index is 12.1. The van der Waals surface area contributed by atoms with Gasteiger partial charge in [0.1, 0.15) is 0 Å². The Hall–Kier alpha value is -1.36. The number of nitrogen functional groups attached to an aromatic ring is 1. The summed E-state index contributed by atoms with van der Waals surface area (Å²) in [4.78, 5) is 14.0. The second kappa shape index (κ2) is 5.33. The van der Waals surface area contributed by atoms with E-state index in [1.807, 2.05) is 42.9 Å².